The lowest BCUT2D eigenvalue weighted by Crippen LogP contribution is -2.22. The average Bonchev–Trinajstić information content (AvgIpc) is 2.73. The Labute approximate surface area is 177 Å². The standard InChI is InChI=1S/C25H29F2NO2/c1-5-6-7-8-19-9-11-20(12-10-19)23(26)24(27)21-13-15-22(16-14-21)30-25(29)18(2)17-28(3)4/h9-16H,2,5-8,17H2,1,3-4H3/b24-23+. The molecule has 0 saturated carbocycles. The van der Waals surface area contributed by atoms with Crippen LogP contribution >= 0.6 is 0 Å². The summed E-state index contributed by atoms with van der Waals surface area (Å²) in [4.78, 5) is 13.8. The summed E-state index contributed by atoms with van der Waals surface area (Å²) in [5, 5.41) is 0. The van der Waals surface area contributed by atoms with Gasteiger partial charge in [0, 0.05) is 23.2 Å². The Morgan fingerprint density at radius 3 is 1.97 bits per heavy atom. The second-order valence-corrected chi connectivity index (χ2v) is 7.54. The molecule has 0 aliphatic carbocycles. The minimum atomic E-state index is -0.955. The molecule has 160 valence electrons. The molecule has 3 nitrogen and oxygen atoms in total. The van der Waals surface area contributed by atoms with Crippen molar-refractivity contribution < 1.29 is 18.3 Å². The van der Waals surface area contributed by atoms with Crippen LogP contribution in [0.15, 0.2) is 60.7 Å². The Bertz CT molecular complexity index is 884. The topological polar surface area (TPSA) is 29.5 Å². The maximum absolute atomic E-state index is 14.6. The highest BCUT2D eigenvalue weighted by atomic mass is 19.2. The fourth-order valence-corrected chi connectivity index (χ4v) is 2.95. The van der Waals surface area contributed by atoms with Crippen LogP contribution in [-0.4, -0.2) is 31.5 Å². The summed E-state index contributed by atoms with van der Waals surface area (Å²) in [7, 11) is 3.63. The summed E-state index contributed by atoms with van der Waals surface area (Å²) in [5.41, 5.74) is 1.69. The van der Waals surface area contributed by atoms with Gasteiger partial charge in [-0.3, -0.25) is 0 Å². The first-order valence-electron chi connectivity index (χ1n) is 10.1. The zero-order chi connectivity index (χ0) is 22.1. The van der Waals surface area contributed by atoms with E-state index in [-0.39, 0.29) is 16.9 Å². The van der Waals surface area contributed by atoms with Crippen molar-refractivity contribution >= 4 is 17.6 Å². The lowest BCUT2D eigenvalue weighted by Gasteiger charge is -2.11. The molecule has 2 aromatic carbocycles. The molecule has 2 aromatic rings. The molecule has 0 atom stereocenters. The molecule has 2 rings (SSSR count). The van der Waals surface area contributed by atoms with E-state index in [1.54, 1.807) is 17.0 Å². The van der Waals surface area contributed by atoms with E-state index in [1.165, 1.54) is 24.3 Å². The molecule has 0 amide bonds. The summed E-state index contributed by atoms with van der Waals surface area (Å²) in [6, 6.07) is 12.5. The summed E-state index contributed by atoms with van der Waals surface area (Å²) >= 11 is 0. The van der Waals surface area contributed by atoms with Crippen LogP contribution in [0.5, 0.6) is 5.75 Å². The van der Waals surface area contributed by atoms with Crippen LogP contribution in [0, 0.1) is 0 Å². The summed E-state index contributed by atoms with van der Waals surface area (Å²) in [6.07, 6.45) is 4.31. The molecule has 30 heavy (non-hydrogen) atoms. The number of hydrogen-bond donors (Lipinski definition) is 0. The number of rotatable bonds is 10. The monoisotopic (exact) mass is 413 g/mol. The van der Waals surface area contributed by atoms with E-state index in [0.717, 1.165) is 31.2 Å². The number of hydrogen-bond acceptors (Lipinski definition) is 3. The normalized spacial score (nSPS) is 11.9. The van der Waals surface area contributed by atoms with Crippen LogP contribution in [0.25, 0.3) is 11.7 Å². The number of unbranched alkanes of at least 4 members (excludes halogenated alkanes) is 2. The van der Waals surface area contributed by atoms with Gasteiger partial charge in [0.25, 0.3) is 0 Å². The molecule has 0 radical (unpaired) electrons. The number of benzene rings is 2. The molecule has 0 heterocycles. The minimum Gasteiger partial charge on any atom is -0.423 e. The van der Waals surface area contributed by atoms with E-state index in [2.05, 4.69) is 13.5 Å². The smallest absolute Gasteiger partial charge is 0.340 e. The fraction of sp³-hybridized carbons (Fsp3) is 0.320. The number of aryl methyl sites for hydroxylation is 1. The number of likely N-dealkylation sites (N-methyl/N-ethyl adjacent to an activating group) is 1. The number of nitrogens with zero attached hydrogens (tertiary/aromatic N) is 1. The quantitative estimate of drug-likeness (QED) is 0.153. The van der Waals surface area contributed by atoms with Gasteiger partial charge in [0.1, 0.15) is 5.75 Å². The molecular weight excluding hydrogens is 384 g/mol. The third-order valence-corrected chi connectivity index (χ3v) is 4.58. The third kappa shape index (κ3) is 6.92. The molecule has 0 bridgehead atoms. The van der Waals surface area contributed by atoms with E-state index < -0.39 is 17.6 Å². The Morgan fingerprint density at radius 2 is 1.47 bits per heavy atom. The van der Waals surface area contributed by atoms with E-state index in [1.807, 2.05) is 26.2 Å². The van der Waals surface area contributed by atoms with E-state index in [4.69, 9.17) is 4.74 Å². The third-order valence-electron chi connectivity index (χ3n) is 4.58. The summed E-state index contributed by atoms with van der Waals surface area (Å²) in [6.45, 7) is 6.20. The molecule has 0 aliphatic rings. The molecule has 0 unspecified atom stereocenters. The van der Waals surface area contributed by atoms with E-state index in [0.29, 0.717) is 12.1 Å². The first kappa shape index (κ1) is 23.5. The van der Waals surface area contributed by atoms with Crippen molar-refractivity contribution in [2.24, 2.45) is 0 Å². The molecule has 0 fully saturated rings. The minimum absolute atomic E-state index is 0.0754. The molecule has 0 spiro atoms. The van der Waals surface area contributed by atoms with Crippen LogP contribution in [-0.2, 0) is 11.2 Å². The molecule has 0 saturated heterocycles. The van der Waals surface area contributed by atoms with Crippen molar-refractivity contribution in [2.45, 2.75) is 32.6 Å². The number of esters is 1. The van der Waals surface area contributed by atoms with Gasteiger partial charge < -0.3 is 9.64 Å². The van der Waals surface area contributed by atoms with Crippen molar-refractivity contribution in [1.82, 2.24) is 4.90 Å². The summed E-state index contributed by atoms with van der Waals surface area (Å²) in [5.74, 6) is -2.19. The highest BCUT2D eigenvalue weighted by molar-refractivity contribution is 5.90. The van der Waals surface area contributed by atoms with Gasteiger partial charge in [-0.2, -0.15) is 0 Å². The zero-order valence-corrected chi connectivity index (χ0v) is 17.9. The van der Waals surface area contributed by atoms with Crippen LogP contribution in [0.1, 0.15) is 42.9 Å². The Balaban J connectivity index is 2.06. The van der Waals surface area contributed by atoms with Crippen LogP contribution in [0.4, 0.5) is 8.78 Å². The molecule has 0 N–H and O–H groups in total. The van der Waals surface area contributed by atoms with E-state index in [9.17, 15) is 13.6 Å². The number of carbonyl (C=O) groups is 1. The lowest BCUT2D eigenvalue weighted by atomic mass is 10.0. The Kier molecular flexibility index (Phi) is 8.93. The van der Waals surface area contributed by atoms with Gasteiger partial charge >= 0.3 is 5.97 Å². The van der Waals surface area contributed by atoms with Gasteiger partial charge in [0.2, 0.25) is 0 Å². The van der Waals surface area contributed by atoms with Crippen molar-refractivity contribution in [3.63, 3.8) is 0 Å². The predicted molar refractivity (Wildman–Crippen MR) is 118 cm³/mol. The van der Waals surface area contributed by atoms with Gasteiger partial charge in [0.15, 0.2) is 11.7 Å². The van der Waals surface area contributed by atoms with Gasteiger partial charge in [0.05, 0.1) is 0 Å². The predicted octanol–water partition coefficient (Wildman–Crippen LogP) is 6.21. The summed E-state index contributed by atoms with van der Waals surface area (Å²) < 4.78 is 34.4. The van der Waals surface area contributed by atoms with Crippen LogP contribution in [0.2, 0.25) is 0 Å². The van der Waals surface area contributed by atoms with Gasteiger partial charge in [-0.1, -0.05) is 50.6 Å². The Morgan fingerprint density at radius 1 is 0.933 bits per heavy atom. The SMILES string of the molecule is C=C(CN(C)C)C(=O)Oc1ccc(/C(F)=C(\F)c2ccc(CCCCC)cc2)cc1. The zero-order valence-electron chi connectivity index (χ0n) is 17.9. The second kappa shape index (κ2) is 11.4. The fourth-order valence-electron chi connectivity index (χ4n) is 2.95. The van der Waals surface area contributed by atoms with Gasteiger partial charge in [-0.25, -0.2) is 13.6 Å². The van der Waals surface area contributed by atoms with Crippen LogP contribution < -0.4 is 4.74 Å². The van der Waals surface area contributed by atoms with Crippen LogP contribution in [0.3, 0.4) is 0 Å². The van der Waals surface area contributed by atoms with Crippen molar-refractivity contribution in [1.29, 1.82) is 0 Å². The molecule has 5 heteroatoms. The largest absolute Gasteiger partial charge is 0.423 e. The average molecular weight is 414 g/mol. The number of carbonyl (C=O) groups excluding carboxylic acids is 1. The highest BCUT2D eigenvalue weighted by Crippen LogP contribution is 2.30. The van der Waals surface area contributed by atoms with Gasteiger partial charge in [-0.05, 0) is 56.8 Å². The maximum Gasteiger partial charge on any atom is 0.340 e. The lowest BCUT2D eigenvalue weighted by molar-refractivity contribution is -0.130. The second-order valence-electron chi connectivity index (χ2n) is 7.54. The first-order chi connectivity index (χ1) is 14.3. The number of ether oxygens (including phenoxy) is 1. The van der Waals surface area contributed by atoms with Crippen molar-refractivity contribution in [3.8, 4) is 5.75 Å². The molecular formula is C25H29F2NO2. The first-order valence-corrected chi connectivity index (χ1v) is 10.1. The maximum atomic E-state index is 14.6. The number of halogens is 2. The van der Waals surface area contributed by atoms with Crippen molar-refractivity contribution in [3.05, 3.63) is 77.4 Å². The molecule has 0 aromatic heterocycles. The molecule has 0 aliphatic heterocycles. The Hall–Kier alpha value is -2.79. The highest BCUT2D eigenvalue weighted by Gasteiger charge is 2.14. The van der Waals surface area contributed by atoms with E-state index >= 15 is 0 Å². The van der Waals surface area contributed by atoms with Gasteiger partial charge in [-0.15, -0.1) is 0 Å². The van der Waals surface area contributed by atoms with Crippen molar-refractivity contribution in [2.75, 3.05) is 20.6 Å².